The Morgan fingerprint density at radius 2 is 1.78 bits per heavy atom. The molecule has 1 aliphatic carbocycles. The second-order valence-electron chi connectivity index (χ2n) is 6.60. The van der Waals surface area contributed by atoms with E-state index in [0.717, 1.165) is 6.21 Å². The van der Waals surface area contributed by atoms with Gasteiger partial charge in [0.2, 0.25) is 0 Å². The molecule has 1 saturated carbocycles. The molecular formula is C16H23NO6. The Labute approximate surface area is 135 Å². The molecule has 1 saturated heterocycles. The summed E-state index contributed by atoms with van der Waals surface area (Å²) < 4.78 is 15.3. The van der Waals surface area contributed by atoms with Gasteiger partial charge in [-0.05, 0) is 45.4 Å². The van der Waals surface area contributed by atoms with Gasteiger partial charge >= 0.3 is 17.9 Å². The van der Waals surface area contributed by atoms with Crippen molar-refractivity contribution in [1.29, 1.82) is 5.41 Å². The van der Waals surface area contributed by atoms with E-state index in [0.29, 0.717) is 32.3 Å². The van der Waals surface area contributed by atoms with Gasteiger partial charge in [0.05, 0.1) is 18.2 Å². The van der Waals surface area contributed by atoms with E-state index in [9.17, 15) is 14.4 Å². The highest BCUT2D eigenvalue weighted by Gasteiger charge is 2.50. The maximum atomic E-state index is 12.2. The minimum atomic E-state index is -1.61. The number of ether oxygens (including phenoxy) is 3. The molecule has 0 bridgehead atoms. The number of cyclic esters (lactones) is 2. The molecule has 0 radical (unpaired) electrons. The van der Waals surface area contributed by atoms with Crippen molar-refractivity contribution in [2.24, 2.45) is 17.3 Å². The van der Waals surface area contributed by atoms with Crippen LogP contribution >= 0.6 is 0 Å². The summed E-state index contributed by atoms with van der Waals surface area (Å²) in [6.45, 7) is 5.30. The topological polar surface area (TPSA) is 103 Å². The summed E-state index contributed by atoms with van der Waals surface area (Å²) in [6, 6.07) is 0. The Morgan fingerprint density at radius 1 is 1.26 bits per heavy atom. The van der Waals surface area contributed by atoms with Crippen molar-refractivity contribution >= 4 is 24.1 Å². The van der Waals surface area contributed by atoms with E-state index in [4.69, 9.17) is 19.6 Å². The number of carbonyl (C=O) groups is 3. The third-order valence-corrected chi connectivity index (χ3v) is 4.75. The van der Waals surface area contributed by atoms with Gasteiger partial charge in [0.25, 0.3) is 5.79 Å². The molecule has 1 aliphatic heterocycles. The number of esters is 3. The number of carbonyl (C=O) groups excluding carboxylic acids is 3. The normalized spacial score (nSPS) is 37.5. The first-order chi connectivity index (χ1) is 10.7. The Morgan fingerprint density at radius 3 is 2.22 bits per heavy atom. The molecule has 0 amide bonds. The Bertz CT molecular complexity index is 503. The lowest BCUT2D eigenvalue weighted by Crippen LogP contribution is -2.52. The van der Waals surface area contributed by atoms with Gasteiger partial charge in [0.1, 0.15) is 0 Å². The lowest BCUT2D eigenvalue weighted by molar-refractivity contribution is -0.227. The third-order valence-electron chi connectivity index (χ3n) is 4.75. The molecule has 2 aliphatic rings. The molecular weight excluding hydrogens is 302 g/mol. The maximum Gasteiger partial charge on any atom is 0.324 e. The average molecular weight is 325 g/mol. The van der Waals surface area contributed by atoms with E-state index in [-0.39, 0.29) is 11.9 Å². The summed E-state index contributed by atoms with van der Waals surface area (Å²) in [6.07, 6.45) is 2.99. The molecule has 0 aromatic rings. The average Bonchev–Trinajstić information content (AvgIpc) is 2.49. The first-order valence-corrected chi connectivity index (χ1v) is 7.89. The monoisotopic (exact) mass is 325 g/mol. The van der Waals surface area contributed by atoms with Crippen LogP contribution in [-0.4, -0.2) is 36.5 Å². The quantitative estimate of drug-likeness (QED) is 0.480. The van der Waals surface area contributed by atoms with E-state index in [1.807, 2.05) is 6.92 Å². The molecule has 128 valence electrons. The summed E-state index contributed by atoms with van der Waals surface area (Å²) >= 11 is 0. The van der Waals surface area contributed by atoms with Crippen molar-refractivity contribution in [2.75, 3.05) is 6.61 Å². The van der Waals surface area contributed by atoms with Crippen molar-refractivity contribution in [3.05, 3.63) is 0 Å². The lowest BCUT2D eigenvalue weighted by atomic mass is 9.68. The molecule has 23 heavy (non-hydrogen) atoms. The van der Waals surface area contributed by atoms with Crippen LogP contribution in [0.5, 0.6) is 0 Å². The highest BCUT2D eigenvalue weighted by atomic mass is 16.7. The molecule has 1 N–H and O–H groups in total. The predicted molar refractivity (Wildman–Crippen MR) is 79.6 cm³/mol. The largest absolute Gasteiger partial charge is 0.466 e. The van der Waals surface area contributed by atoms with Gasteiger partial charge < -0.3 is 19.6 Å². The Kier molecular flexibility index (Phi) is 4.77. The molecule has 1 heterocycles. The van der Waals surface area contributed by atoms with Crippen LogP contribution in [0.2, 0.25) is 0 Å². The SMILES string of the molecule is CCOC(=O)C1(C)CCC(C2C(=O)OC(C)(C=N)OC2=O)CC1. The summed E-state index contributed by atoms with van der Waals surface area (Å²) in [5.74, 6) is -4.35. The van der Waals surface area contributed by atoms with Gasteiger partial charge in [-0.3, -0.25) is 14.4 Å². The molecule has 2 fully saturated rings. The van der Waals surface area contributed by atoms with Gasteiger partial charge in [0.15, 0.2) is 5.92 Å². The van der Waals surface area contributed by atoms with Crippen LogP contribution in [0.1, 0.15) is 46.5 Å². The lowest BCUT2D eigenvalue weighted by Gasteiger charge is -2.40. The summed E-state index contributed by atoms with van der Waals surface area (Å²) in [5, 5.41) is 7.19. The number of nitrogens with one attached hydrogen (secondary N) is 1. The Balaban J connectivity index is 2.03. The van der Waals surface area contributed by atoms with Crippen LogP contribution in [0.25, 0.3) is 0 Å². The van der Waals surface area contributed by atoms with Gasteiger partial charge in [-0.15, -0.1) is 0 Å². The van der Waals surface area contributed by atoms with Crippen LogP contribution < -0.4 is 0 Å². The van der Waals surface area contributed by atoms with E-state index in [1.54, 1.807) is 6.92 Å². The second-order valence-corrected chi connectivity index (χ2v) is 6.60. The fraction of sp³-hybridized carbons (Fsp3) is 0.750. The van der Waals surface area contributed by atoms with Crippen LogP contribution in [0.15, 0.2) is 0 Å². The zero-order valence-electron chi connectivity index (χ0n) is 13.7. The molecule has 0 aromatic carbocycles. The minimum Gasteiger partial charge on any atom is -0.466 e. The highest BCUT2D eigenvalue weighted by molar-refractivity contribution is 5.99. The van der Waals surface area contributed by atoms with Crippen molar-refractivity contribution in [2.45, 2.75) is 52.2 Å². The van der Waals surface area contributed by atoms with Crippen molar-refractivity contribution < 1.29 is 28.6 Å². The number of rotatable bonds is 4. The molecule has 7 nitrogen and oxygen atoms in total. The van der Waals surface area contributed by atoms with E-state index in [2.05, 4.69) is 0 Å². The number of hydrogen-bond donors (Lipinski definition) is 1. The predicted octanol–water partition coefficient (Wildman–Crippen LogP) is 1.83. The van der Waals surface area contributed by atoms with Gasteiger partial charge in [-0.25, -0.2) is 0 Å². The fourth-order valence-corrected chi connectivity index (χ4v) is 3.21. The molecule has 0 unspecified atom stereocenters. The first kappa shape index (κ1) is 17.4. The van der Waals surface area contributed by atoms with Crippen LogP contribution in [-0.2, 0) is 28.6 Å². The van der Waals surface area contributed by atoms with Crippen LogP contribution in [0.4, 0.5) is 0 Å². The highest BCUT2D eigenvalue weighted by Crippen LogP contribution is 2.43. The standard InChI is InChI=1S/C16H23NO6/c1-4-21-14(20)15(2)7-5-10(6-8-15)11-12(18)22-16(3,9-17)23-13(11)19/h9-11,17H,4-8H2,1-3H3. The van der Waals surface area contributed by atoms with Crippen LogP contribution in [0.3, 0.4) is 0 Å². The third kappa shape index (κ3) is 3.38. The molecule has 0 aromatic heterocycles. The second kappa shape index (κ2) is 6.29. The molecule has 0 atom stereocenters. The zero-order chi connectivity index (χ0) is 17.3. The molecule has 2 rings (SSSR count). The fourth-order valence-electron chi connectivity index (χ4n) is 3.21. The minimum absolute atomic E-state index is 0.215. The smallest absolute Gasteiger partial charge is 0.324 e. The summed E-state index contributed by atoms with van der Waals surface area (Å²) in [5.41, 5.74) is -0.571. The van der Waals surface area contributed by atoms with E-state index < -0.39 is 29.1 Å². The van der Waals surface area contributed by atoms with Crippen molar-refractivity contribution in [3.63, 3.8) is 0 Å². The Hall–Kier alpha value is -1.92. The maximum absolute atomic E-state index is 12.2. The first-order valence-electron chi connectivity index (χ1n) is 7.89. The number of hydrogen-bond acceptors (Lipinski definition) is 7. The summed E-state index contributed by atoms with van der Waals surface area (Å²) in [7, 11) is 0. The van der Waals surface area contributed by atoms with Gasteiger partial charge in [0, 0.05) is 6.92 Å². The molecule has 0 spiro atoms. The van der Waals surface area contributed by atoms with Gasteiger partial charge in [-0.2, -0.15) is 0 Å². The van der Waals surface area contributed by atoms with Crippen molar-refractivity contribution in [1.82, 2.24) is 0 Å². The summed E-state index contributed by atoms with van der Waals surface area (Å²) in [4.78, 5) is 36.3. The van der Waals surface area contributed by atoms with E-state index >= 15 is 0 Å². The van der Waals surface area contributed by atoms with Crippen LogP contribution in [0, 0.1) is 22.7 Å². The zero-order valence-corrected chi connectivity index (χ0v) is 13.7. The van der Waals surface area contributed by atoms with E-state index in [1.165, 1.54) is 6.92 Å². The molecule has 7 heteroatoms. The van der Waals surface area contributed by atoms with Crippen molar-refractivity contribution in [3.8, 4) is 0 Å². The van der Waals surface area contributed by atoms with Gasteiger partial charge in [-0.1, -0.05) is 0 Å².